The lowest BCUT2D eigenvalue weighted by molar-refractivity contribution is -0.140. The van der Waals surface area contributed by atoms with Crippen LogP contribution < -0.4 is 10.6 Å². The van der Waals surface area contributed by atoms with Gasteiger partial charge < -0.3 is 20.4 Å². The molecule has 0 unspecified atom stereocenters. The molecule has 43 heavy (non-hydrogen) atoms. The monoisotopic (exact) mass is 591 g/mol. The molecular formula is C32H42FN7O3. The summed E-state index contributed by atoms with van der Waals surface area (Å²) in [5.74, 6) is -1.03. The van der Waals surface area contributed by atoms with Crippen molar-refractivity contribution >= 4 is 17.7 Å². The molecule has 3 atom stereocenters. The minimum Gasteiger partial charge on any atom is -0.342 e. The zero-order valence-electron chi connectivity index (χ0n) is 25.6. The number of aromatic nitrogens is 3. The van der Waals surface area contributed by atoms with Gasteiger partial charge in [0.1, 0.15) is 11.9 Å². The van der Waals surface area contributed by atoms with Crippen molar-refractivity contribution in [2.24, 2.45) is 5.41 Å². The van der Waals surface area contributed by atoms with Crippen LogP contribution in [0.4, 0.5) is 4.39 Å². The molecule has 1 aliphatic rings. The van der Waals surface area contributed by atoms with Gasteiger partial charge in [-0.1, -0.05) is 56.3 Å². The molecule has 1 aliphatic heterocycles. The van der Waals surface area contributed by atoms with Crippen LogP contribution in [-0.4, -0.2) is 87.3 Å². The van der Waals surface area contributed by atoms with Crippen LogP contribution in [0.5, 0.6) is 0 Å². The van der Waals surface area contributed by atoms with Crippen LogP contribution in [0.25, 0.3) is 5.69 Å². The van der Waals surface area contributed by atoms with Crippen LogP contribution in [0, 0.1) is 11.2 Å². The Morgan fingerprint density at radius 1 is 1.09 bits per heavy atom. The molecule has 2 heterocycles. The number of likely N-dealkylation sites (tertiary alicyclic amines) is 1. The number of nitrogens with one attached hydrogen (secondary N) is 2. The first kappa shape index (κ1) is 31.8. The van der Waals surface area contributed by atoms with Crippen molar-refractivity contribution in [2.75, 3.05) is 26.7 Å². The molecule has 3 aromatic rings. The maximum absolute atomic E-state index is 14.0. The van der Waals surface area contributed by atoms with Crippen molar-refractivity contribution in [3.63, 3.8) is 0 Å². The summed E-state index contributed by atoms with van der Waals surface area (Å²) >= 11 is 0. The number of hydrogen-bond acceptors (Lipinski definition) is 6. The number of para-hydroxylation sites is 1. The van der Waals surface area contributed by atoms with Crippen LogP contribution in [0.1, 0.15) is 56.6 Å². The molecule has 2 N–H and O–H groups in total. The zero-order chi connectivity index (χ0) is 31.1. The molecule has 0 spiro atoms. The predicted molar refractivity (Wildman–Crippen MR) is 162 cm³/mol. The summed E-state index contributed by atoms with van der Waals surface area (Å²) in [5, 5.41) is 14.2. The highest BCUT2D eigenvalue weighted by Crippen LogP contribution is 2.27. The molecule has 230 valence electrons. The van der Waals surface area contributed by atoms with Crippen molar-refractivity contribution in [3.8, 4) is 5.69 Å². The topological polar surface area (TPSA) is 112 Å². The van der Waals surface area contributed by atoms with Gasteiger partial charge in [0.25, 0.3) is 5.91 Å². The van der Waals surface area contributed by atoms with Gasteiger partial charge in [0.15, 0.2) is 5.69 Å². The van der Waals surface area contributed by atoms with Crippen LogP contribution in [0.3, 0.4) is 0 Å². The van der Waals surface area contributed by atoms with Gasteiger partial charge in [0, 0.05) is 25.7 Å². The van der Waals surface area contributed by atoms with E-state index in [1.165, 1.54) is 12.1 Å². The SMILES string of the molecule is CN[C@@H](C)C(=O)N[C@H](C(=O)N1CCC[C@H]1CN(CCc1ccc(F)cc1)C(=O)c1cn(-c2ccccc2)nn1)C(C)(C)C. The van der Waals surface area contributed by atoms with Gasteiger partial charge in [-0.25, -0.2) is 9.07 Å². The van der Waals surface area contributed by atoms with Gasteiger partial charge in [0.05, 0.1) is 17.9 Å². The second-order valence-corrected chi connectivity index (χ2v) is 12.2. The van der Waals surface area contributed by atoms with E-state index < -0.39 is 17.5 Å². The number of carbonyl (C=O) groups excluding carboxylic acids is 3. The third-order valence-corrected chi connectivity index (χ3v) is 7.92. The Bertz CT molecular complexity index is 1390. The summed E-state index contributed by atoms with van der Waals surface area (Å²) < 4.78 is 15.1. The fraction of sp³-hybridized carbons (Fsp3) is 0.469. The molecule has 0 bridgehead atoms. The van der Waals surface area contributed by atoms with Crippen LogP contribution in [-0.2, 0) is 16.0 Å². The minimum absolute atomic E-state index is 0.160. The Morgan fingerprint density at radius 3 is 2.44 bits per heavy atom. The number of rotatable bonds is 11. The molecule has 2 aromatic carbocycles. The van der Waals surface area contributed by atoms with E-state index in [0.717, 1.165) is 24.1 Å². The van der Waals surface area contributed by atoms with Gasteiger partial charge in [-0.05, 0) is 68.5 Å². The molecule has 3 amide bonds. The highest BCUT2D eigenvalue weighted by molar-refractivity contribution is 5.92. The van der Waals surface area contributed by atoms with Gasteiger partial charge in [-0.3, -0.25) is 14.4 Å². The van der Waals surface area contributed by atoms with E-state index in [4.69, 9.17) is 0 Å². The molecule has 0 radical (unpaired) electrons. The summed E-state index contributed by atoms with van der Waals surface area (Å²) in [6.45, 7) is 8.72. The summed E-state index contributed by atoms with van der Waals surface area (Å²) in [4.78, 5) is 44.1. The highest BCUT2D eigenvalue weighted by atomic mass is 19.1. The van der Waals surface area contributed by atoms with Crippen molar-refractivity contribution in [2.45, 2.75) is 65.1 Å². The summed E-state index contributed by atoms with van der Waals surface area (Å²) in [5.41, 5.74) is 1.34. The fourth-order valence-corrected chi connectivity index (χ4v) is 5.20. The molecule has 4 rings (SSSR count). The number of amides is 3. The van der Waals surface area contributed by atoms with Crippen LogP contribution in [0.15, 0.2) is 60.8 Å². The number of nitrogens with zero attached hydrogens (tertiary/aromatic N) is 5. The minimum atomic E-state index is -0.731. The summed E-state index contributed by atoms with van der Waals surface area (Å²) in [6, 6.07) is 14.2. The lowest BCUT2D eigenvalue weighted by Gasteiger charge is -2.37. The lowest BCUT2D eigenvalue weighted by atomic mass is 9.85. The summed E-state index contributed by atoms with van der Waals surface area (Å²) in [6.07, 6.45) is 3.62. The third-order valence-electron chi connectivity index (χ3n) is 7.92. The number of likely N-dealkylation sites (N-methyl/N-ethyl adjacent to an activating group) is 1. The zero-order valence-corrected chi connectivity index (χ0v) is 25.6. The first-order chi connectivity index (χ1) is 20.5. The maximum Gasteiger partial charge on any atom is 0.276 e. The molecule has 1 fully saturated rings. The second-order valence-electron chi connectivity index (χ2n) is 12.2. The highest BCUT2D eigenvalue weighted by Gasteiger charge is 2.41. The molecule has 0 aliphatic carbocycles. The Hall–Kier alpha value is -4.12. The van der Waals surface area contributed by atoms with Gasteiger partial charge >= 0.3 is 0 Å². The number of halogens is 1. The number of carbonyl (C=O) groups is 3. The number of benzene rings is 2. The van der Waals surface area contributed by atoms with E-state index in [-0.39, 0.29) is 35.3 Å². The van der Waals surface area contributed by atoms with Gasteiger partial charge in [-0.2, -0.15) is 0 Å². The Balaban J connectivity index is 1.56. The Morgan fingerprint density at radius 2 is 1.79 bits per heavy atom. The van der Waals surface area contributed by atoms with E-state index >= 15 is 0 Å². The standard InChI is InChI=1S/C32H42FN7O3/c1-22(34-5)29(41)35-28(32(2,3)4)31(43)39-18-9-12-26(39)20-38(19-17-23-13-15-24(33)16-14-23)30(42)27-21-40(37-36-27)25-10-7-6-8-11-25/h6-8,10-11,13-16,21-22,26,28,34H,9,12,17-20H2,1-5H3,(H,35,41)/t22-,26-,28+/m0/s1. The van der Waals surface area contributed by atoms with Crippen molar-refractivity contribution in [1.29, 1.82) is 0 Å². The van der Waals surface area contributed by atoms with E-state index in [2.05, 4.69) is 20.9 Å². The third kappa shape index (κ3) is 8.04. The van der Waals surface area contributed by atoms with Crippen molar-refractivity contribution in [1.82, 2.24) is 35.4 Å². The second kappa shape index (κ2) is 13.9. The predicted octanol–water partition coefficient (Wildman–Crippen LogP) is 3.22. The van der Waals surface area contributed by atoms with Gasteiger partial charge in [-0.15, -0.1) is 5.10 Å². The quantitative estimate of drug-likeness (QED) is 0.354. The van der Waals surface area contributed by atoms with E-state index in [9.17, 15) is 18.8 Å². The first-order valence-electron chi connectivity index (χ1n) is 14.8. The number of hydrogen-bond donors (Lipinski definition) is 2. The summed E-state index contributed by atoms with van der Waals surface area (Å²) in [7, 11) is 1.70. The lowest BCUT2D eigenvalue weighted by Crippen LogP contribution is -2.59. The average Bonchev–Trinajstić information content (AvgIpc) is 3.68. The van der Waals surface area contributed by atoms with Crippen molar-refractivity contribution in [3.05, 3.63) is 77.9 Å². The van der Waals surface area contributed by atoms with Gasteiger partial charge in [0.2, 0.25) is 11.8 Å². The normalized spacial score (nSPS) is 16.5. The van der Waals surface area contributed by atoms with Crippen LogP contribution in [0.2, 0.25) is 0 Å². The van der Waals surface area contributed by atoms with E-state index in [1.54, 1.807) is 46.8 Å². The van der Waals surface area contributed by atoms with E-state index in [0.29, 0.717) is 26.1 Å². The molecule has 0 saturated carbocycles. The molecular weight excluding hydrogens is 549 g/mol. The molecule has 1 saturated heterocycles. The van der Waals surface area contributed by atoms with Crippen LogP contribution >= 0.6 is 0 Å². The van der Waals surface area contributed by atoms with E-state index in [1.807, 2.05) is 51.1 Å². The first-order valence-corrected chi connectivity index (χ1v) is 14.8. The fourth-order valence-electron chi connectivity index (χ4n) is 5.20. The largest absolute Gasteiger partial charge is 0.342 e. The maximum atomic E-state index is 14.0. The molecule has 10 nitrogen and oxygen atoms in total. The molecule has 1 aromatic heterocycles. The molecule has 11 heteroatoms. The Kier molecular flexibility index (Phi) is 10.3. The van der Waals surface area contributed by atoms with Crippen molar-refractivity contribution < 1.29 is 18.8 Å². The average molecular weight is 592 g/mol. The smallest absolute Gasteiger partial charge is 0.276 e. The Labute approximate surface area is 252 Å².